The summed E-state index contributed by atoms with van der Waals surface area (Å²) in [6.45, 7) is 1.88. The third kappa shape index (κ3) is 3.52. The van der Waals surface area contributed by atoms with E-state index in [-0.39, 0.29) is 11.3 Å². The summed E-state index contributed by atoms with van der Waals surface area (Å²) >= 11 is 1.49. The van der Waals surface area contributed by atoms with Crippen molar-refractivity contribution in [2.75, 3.05) is 5.32 Å². The molecule has 0 aliphatic heterocycles. The number of rotatable bonds is 4. The molecule has 2 N–H and O–H groups in total. The number of nitrogens with zero attached hydrogens (tertiary/aromatic N) is 1. The summed E-state index contributed by atoms with van der Waals surface area (Å²) in [5.74, 6) is -1.48. The van der Waals surface area contributed by atoms with E-state index < -0.39 is 11.9 Å². The summed E-state index contributed by atoms with van der Waals surface area (Å²) in [5, 5.41) is 14.3. The van der Waals surface area contributed by atoms with Crippen LogP contribution in [0.25, 0.3) is 6.08 Å². The van der Waals surface area contributed by atoms with Crippen molar-refractivity contribution in [2.24, 2.45) is 0 Å². The Morgan fingerprint density at radius 3 is 2.75 bits per heavy atom. The van der Waals surface area contributed by atoms with E-state index in [0.29, 0.717) is 5.69 Å². The molecule has 1 aromatic heterocycles. The topological polar surface area (TPSA) is 79.3 Å². The fourth-order valence-corrected chi connectivity index (χ4v) is 2.15. The molecule has 6 heteroatoms. The van der Waals surface area contributed by atoms with Crippen molar-refractivity contribution in [2.45, 2.75) is 6.92 Å². The highest BCUT2D eigenvalue weighted by atomic mass is 32.1. The molecular weight excluding hydrogens is 276 g/mol. The fourth-order valence-electron chi connectivity index (χ4n) is 1.57. The Morgan fingerprint density at radius 1 is 1.35 bits per heavy atom. The zero-order valence-electron chi connectivity index (χ0n) is 10.7. The first-order valence-corrected chi connectivity index (χ1v) is 6.68. The maximum atomic E-state index is 11.8. The number of carbonyl (C=O) groups excluding carboxylic acids is 1. The van der Waals surface area contributed by atoms with E-state index in [1.165, 1.54) is 23.5 Å². The van der Waals surface area contributed by atoms with Crippen molar-refractivity contribution in [3.8, 4) is 0 Å². The van der Waals surface area contributed by atoms with Crippen molar-refractivity contribution in [1.29, 1.82) is 0 Å². The maximum absolute atomic E-state index is 11.8. The number of carbonyl (C=O) groups is 2. The molecule has 0 saturated heterocycles. The third-order valence-electron chi connectivity index (χ3n) is 2.46. The minimum Gasteiger partial charge on any atom is -0.478 e. The zero-order valence-corrected chi connectivity index (χ0v) is 11.5. The molecule has 2 rings (SSSR count). The second-order valence-corrected chi connectivity index (χ2v) is 5.03. The molecule has 0 aliphatic rings. The van der Waals surface area contributed by atoms with Gasteiger partial charge in [-0.15, -0.1) is 11.3 Å². The van der Waals surface area contributed by atoms with Gasteiger partial charge in [-0.25, -0.2) is 9.78 Å². The Hall–Kier alpha value is -2.47. The predicted octanol–water partition coefficient (Wildman–Crippen LogP) is 2.80. The molecule has 0 radical (unpaired) electrons. The SMILES string of the molecule is Cc1nc(C=CC(=O)Nc2ccccc2C(=O)O)cs1. The summed E-state index contributed by atoms with van der Waals surface area (Å²) in [7, 11) is 0. The smallest absolute Gasteiger partial charge is 0.337 e. The lowest BCUT2D eigenvalue weighted by Crippen LogP contribution is -2.11. The minimum atomic E-state index is -1.08. The number of aromatic nitrogens is 1. The molecule has 102 valence electrons. The Morgan fingerprint density at radius 2 is 2.10 bits per heavy atom. The molecular formula is C14H12N2O3S. The highest BCUT2D eigenvalue weighted by Gasteiger charge is 2.10. The second-order valence-electron chi connectivity index (χ2n) is 3.96. The Labute approximate surface area is 119 Å². The van der Waals surface area contributed by atoms with Gasteiger partial charge >= 0.3 is 5.97 Å². The summed E-state index contributed by atoms with van der Waals surface area (Å²) in [4.78, 5) is 27.0. The fraction of sp³-hybridized carbons (Fsp3) is 0.0714. The first-order chi connectivity index (χ1) is 9.56. The number of thiazole rings is 1. The number of para-hydroxylation sites is 1. The molecule has 5 nitrogen and oxygen atoms in total. The molecule has 0 unspecified atom stereocenters. The Balaban J connectivity index is 2.09. The van der Waals surface area contributed by atoms with Crippen LogP contribution in [0, 0.1) is 6.92 Å². The first-order valence-electron chi connectivity index (χ1n) is 5.80. The standard InChI is InChI=1S/C14H12N2O3S/c1-9-15-10(8-20-9)6-7-13(17)16-12-5-3-2-4-11(12)14(18)19/h2-8H,1H3,(H,16,17)(H,18,19). The number of hydrogen-bond acceptors (Lipinski definition) is 4. The predicted molar refractivity (Wildman–Crippen MR) is 77.9 cm³/mol. The molecule has 0 fully saturated rings. The van der Waals surface area contributed by atoms with E-state index in [4.69, 9.17) is 5.11 Å². The summed E-state index contributed by atoms with van der Waals surface area (Å²) in [6, 6.07) is 6.25. The number of aromatic carboxylic acids is 1. The number of hydrogen-bond donors (Lipinski definition) is 2. The van der Waals surface area contributed by atoms with Crippen LogP contribution in [0.15, 0.2) is 35.7 Å². The molecule has 0 aliphatic carbocycles. The lowest BCUT2D eigenvalue weighted by atomic mass is 10.2. The zero-order chi connectivity index (χ0) is 14.5. The van der Waals surface area contributed by atoms with E-state index in [2.05, 4.69) is 10.3 Å². The molecule has 0 bridgehead atoms. The molecule has 20 heavy (non-hydrogen) atoms. The Bertz CT molecular complexity index is 677. The summed E-state index contributed by atoms with van der Waals surface area (Å²) in [5.41, 5.74) is 1.03. The molecule has 0 saturated carbocycles. The second kappa shape index (κ2) is 6.12. The van der Waals surface area contributed by atoms with Crippen LogP contribution in [0.3, 0.4) is 0 Å². The highest BCUT2D eigenvalue weighted by molar-refractivity contribution is 7.09. The number of aryl methyl sites for hydroxylation is 1. The van der Waals surface area contributed by atoms with E-state index in [0.717, 1.165) is 5.01 Å². The first kappa shape index (κ1) is 14.0. The number of carboxylic acid groups (broad SMARTS) is 1. The quantitative estimate of drug-likeness (QED) is 0.848. The number of amides is 1. The van der Waals surface area contributed by atoms with Crippen molar-refractivity contribution in [1.82, 2.24) is 4.98 Å². The van der Waals surface area contributed by atoms with Gasteiger partial charge in [0, 0.05) is 11.5 Å². The van der Waals surface area contributed by atoms with Crippen LogP contribution in [-0.2, 0) is 4.79 Å². The number of carboxylic acids is 1. The monoisotopic (exact) mass is 288 g/mol. The van der Waals surface area contributed by atoms with Gasteiger partial charge in [0.1, 0.15) is 0 Å². The van der Waals surface area contributed by atoms with E-state index in [1.54, 1.807) is 24.3 Å². The summed E-state index contributed by atoms with van der Waals surface area (Å²) in [6.07, 6.45) is 2.91. The van der Waals surface area contributed by atoms with Gasteiger partial charge in [0.2, 0.25) is 5.91 Å². The van der Waals surface area contributed by atoms with E-state index in [9.17, 15) is 9.59 Å². The van der Waals surface area contributed by atoms with Gasteiger partial charge in [-0.3, -0.25) is 4.79 Å². The molecule has 1 heterocycles. The molecule has 2 aromatic rings. The van der Waals surface area contributed by atoms with Crippen LogP contribution >= 0.6 is 11.3 Å². The van der Waals surface area contributed by atoms with Crippen molar-refractivity contribution < 1.29 is 14.7 Å². The Kier molecular flexibility index (Phi) is 4.27. The van der Waals surface area contributed by atoms with Crippen LogP contribution in [-0.4, -0.2) is 22.0 Å². The van der Waals surface area contributed by atoms with Gasteiger partial charge in [-0.1, -0.05) is 12.1 Å². The maximum Gasteiger partial charge on any atom is 0.337 e. The van der Waals surface area contributed by atoms with Crippen molar-refractivity contribution >= 4 is 35.0 Å². The van der Waals surface area contributed by atoms with Gasteiger partial charge in [-0.05, 0) is 25.1 Å². The lowest BCUT2D eigenvalue weighted by molar-refractivity contribution is -0.111. The van der Waals surface area contributed by atoms with Crippen LogP contribution in [0.1, 0.15) is 21.1 Å². The molecule has 1 amide bonds. The van der Waals surface area contributed by atoms with E-state index >= 15 is 0 Å². The number of nitrogens with one attached hydrogen (secondary N) is 1. The van der Waals surface area contributed by atoms with Gasteiger partial charge in [0.25, 0.3) is 0 Å². The minimum absolute atomic E-state index is 0.0544. The third-order valence-corrected chi connectivity index (χ3v) is 3.25. The molecule has 1 aromatic carbocycles. The molecule has 0 spiro atoms. The largest absolute Gasteiger partial charge is 0.478 e. The van der Waals surface area contributed by atoms with Crippen LogP contribution < -0.4 is 5.32 Å². The van der Waals surface area contributed by atoms with Crippen LogP contribution in [0.4, 0.5) is 5.69 Å². The average Bonchev–Trinajstić information content (AvgIpc) is 2.83. The van der Waals surface area contributed by atoms with Crippen molar-refractivity contribution in [3.05, 3.63) is 52.0 Å². The number of benzene rings is 1. The lowest BCUT2D eigenvalue weighted by Gasteiger charge is -2.05. The highest BCUT2D eigenvalue weighted by Crippen LogP contribution is 2.15. The normalized spacial score (nSPS) is 10.7. The number of anilines is 1. The average molecular weight is 288 g/mol. The van der Waals surface area contributed by atoms with Crippen molar-refractivity contribution in [3.63, 3.8) is 0 Å². The van der Waals surface area contributed by atoms with Gasteiger partial charge in [-0.2, -0.15) is 0 Å². The van der Waals surface area contributed by atoms with Gasteiger partial charge < -0.3 is 10.4 Å². The van der Waals surface area contributed by atoms with Crippen LogP contribution in [0.2, 0.25) is 0 Å². The summed E-state index contributed by atoms with van der Waals surface area (Å²) < 4.78 is 0. The van der Waals surface area contributed by atoms with Gasteiger partial charge in [0.05, 0.1) is 22.0 Å². The van der Waals surface area contributed by atoms with Gasteiger partial charge in [0.15, 0.2) is 0 Å². The molecule has 0 atom stereocenters. The van der Waals surface area contributed by atoms with Crippen LogP contribution in [0.5, 0.6) is 0 Å². The van der Waals surface area contributed by atoms with E-state index in [1.807, 2.05) is 12.3 Å².